The number of rotatable bonds is 0. The van der Waals surface area contributed by atoms with Gasteiger partial charge in [0.05, 0.1) is 6.04 Å². The number of likely N-dealkylation sites (N-methyl/N-ethyl adjacent to an activating group) is 1. The highest BCUT2D eigenvalue weighted by atomic mass is 16.1. The lowest BCUT2D eigenvalue weighted by Gasteiger charge is -2.36. The molecule has 0 radical (unpaired) electrons. The quantitative estimate of drug-likeness (QED) is 0.594. The first kappa shape index (κ1) is 11.8. The molecule has 1 amide bonds. The molecule has 2 unspecified atom stereocenters. The van der Waals surface area contributed by atoms with Gasteiger partial charge in [-0.1, -0.05) is 0 Å². The second kappa shape index (κ2) is 3.94. The molecule has 0 aromatic carbocycles. The minimum Gasteiger partial charge on any atom is -0.353 e. The monoisotopic (exact) mass is 235 g/mol. The lowest BCUT2D eigenvalue weighted by atomic mass is 10.1. The van der Waals surface area contributed by atoms with E-state index in [0.29, 0.717) is 17.5 Å². The summed E-state index contributed by atoms with van der Waals surface area (Å²) in [6.45, 7) is 4.06. The number of amides is 1. The number of aliphatic imine (C=N–C) groups is 3. The summed E-state index contributed by atoms with van der Waals surface area (Å²) in [6.07, 6.45) is 0. The van der Waals surface area contributed by atoms with Gasteiger partial charge < -0.3 is 9.80 Å². The molecule has 0 saturated carbocycles. The zero-order valence-corrected chi connectivity index (χ0v) is 10.8. The van der Waals surface area contributed by atoms with Gasteiger partial charge in [-0.2, -0.15) is 9.98 Å². The standard InChI is InChI=1S/C11H17N5O/c1-6-7(2)16(5)9-8(12-6)10(17)14-11(13-9)15(3)4/h6-7H,1-5H3. The first-order valence-corrected chi connectivity index (χ1v) is 5.62. The van der Waals surface area contributed by atoms with Crippen molar-refractivity contribution < 1.29 is 4.79 Å². The minimum absolute atomic E-state index is 0.0778. The topological polar surface area (TPSA) is 60.6 Å². The smallest absolute Gasteiger partial charge is 0.302 e. The van der Waals surface area contributed by atoms with E-state index in [1.165, 1.54) is 0 Å². The summed E-state index contributed by atoms with van der Waals surface area (Å²) in [7, 11) is 5.56. The maximum atomic E-state index is 11.9. The summed E-state index contributed by atoms with van der Waals surface area (Å²) in [5, 5.41) is 0. The number of hydrogen-bond acceptors (Lipinski definition) is 5. The average molecular weight is 235 g/mol. The number of guanidine groups is 1. The Morgan fingerprint density at radius 3 is 2.47 bits per heavy atom. The average Bonchev–Trinajstić information content (AvgIpc) is 2.27. The van der Waals surface area contributed by atoms with Gasteiger partial charge >= 0.3 is 5.91 Å². The molecular weight excluding hydrogens is 218 g/mol. The number of hydrogen-bond donors (Lipinski definition) is 0. The summed E-state index contributed by atoms with van der Waals surface area (Å²) in [4.78, 5) is 28.3. The Balaban J connectivity index is 2.48. The van der Waals surface area contributed by atoms with Gasteiger partial charge in [0.25, 0.3) is 0 Å². The summed E-state index contributed by atoms with van der Waals surface area (Å²) in [5.41, 5.74) is 0.378. The highest BCUT2D eigenvalue weighted by Crippen LogP contribution is 2.17. The second-order valence-corrected chi connectivity index (χ2v) is 4.62. The van der Waals surface area contributed by atoms with E-state index in [1.54, 1.807) is 4.90 Å². The Kier molecular flexibility index (Phi) is 2.73. The van der Waals surface area contributed by atoms with Crippen LogP contribution in [-0.4, -0.2) is 66.4 Å². The molecule has 2 rings (SSSR count). The SMILES string of the molecule is CC1N=C2C(=O)N=C(N(C)C)N=C2N(C)C1C. The van der Waals surface area contributed by atoms with Gasteiger partial charge in [-0.05, 0) is 13.8 Å². The van der Waals surface area contributed by atoms with E-state index in [1.807, 2.05) is 33.0 Å². The van der Waals surface area contributed by atoms with E-state index in [0.717, 1.165) is 0 Å². The fourth-order valence-corrected chi connectivity index (χ4v) is 1.80. The van der Waals surface area contributed by atoms with Crippen molar-refractivity contribution in [3.8, 4) is 0 Å². The van der Waals surface area contributed by atoms with E-state index in [2.05, 4.69) is 21.9 Å². The fraction of sp³-hybridized carbons (Fsp3) is 0.636. The zero-order valence-electron chi connectivity index (χ0n) is 10.8. The molecule has 0 fully saturated rings. The van der Waals surface area contributed by atoms with Gasteiger partial charge in [-0.15, -0.1) is 0 Å². The van der Waals surface area contributed by atoms with Crippen molar-refractivity contribution in [1.82, 2.24) is 9.80 Å². The van der Waals surface area contributed by atoms with Crippen LogP contribution in [0.4, 0.5) is 0 Å². The molecule has 2 aliphatic heterocycles. The Bertz CT molecular complexity index is 449. The molecule has 0 N–H and O–H groups in total. The van der Waals surface area contributed by atoms with Gasteiger partial charge in [-0.3, -0.25) is 9.79 Å². The van der Waals surface area contributed by atoms with E-state index in [4.69, 9.17) is 0 Å². The second-order valence-electron chi connectivity index (χ2n) is 4.62. The van der Waals surface area contributed by atoms with Crippen LogP contribution in [0.25, 0.3) is 0 Å². The van der Waals surface area contributed by atoms with Gasteiger partial charge in [0.1, 0.15) is 0 Å². The van der Waals surface area contributed by atoms with Crippen molar-refractivity contribution >= 4 is 23.4 Å². The van der Waals surface area contributed by atoms with Crippen LogP contribution < -0.4 is 0 Å². The molecule has 2 aliphatic rings. The molecule has 0 aromatic rings. The Morgan fingerprint density at radius 1 is 1.24 bits per heavy atom. The van der Waals surface area contributed by atoms with Crippen molar-refractivity contribution in [3.63, 3.8) is 0 Å². The maximum absolute atomic E-state index is 11.9. The van der Waals surface area contributed by atoms with Crippen LogP contribution in [0.2, 0.25) is 0 Å². The highest BCUT2D eigenvalue weighted by Gasteiger charge is 2.35. The maximum Gasteiger partial charge on any atom is 0.302 e. The van der Waals surface area contributed by atoms with Crippen LogP contribution in [-0.2, 0) is 4.79 Å². The largest absolute Gasteiger partial charge is 0.353 e. The molecule has 0 bridgehead atoms. The van der Waals surface area contributed by atoms with Crippen LogP contribution in [0.5, 0.6) is 0 Å². The molecule has 0 spiro atoms. The Hall–Kier alpha value is -1.72. The van der Waals surface area contributed by atoms with E-state index < -0.39 is 0 Å². The molecule has 6 heteroatoms. The van der Waals surface area contributed by atoms with Gasteiger partial charge in [-0.25, -0.2) is 0 Å². The predicted octanol–water partition coefficient (Wildman–Crippen LogP) is 0.00610. The van der Waals surface area contributed by atoms with Crippen molar-refractivity contribution in [2.24, 2.45) is 15.0 Å². The van der Waals surface area contributed by atoms with E-state index in [9.17, 15) is 4.79 Å². The Labute approximate surface area is 101 Å². The molecule has 0 aliphatic carbocycles. The van der Waals surface area contributed by atoms with E-state index in [-0.39, 0.29) is 18.0 Å². The Morgan fingerprint density at radius 2 is 1.88 bits per heavy atom. The third kappa shape index (κ3) is 1.83. The molecule has 0 aromatic heterocycles. The van der Waals surface area contributed by atoms with Crippen molar-refractivity contribution in [2.75, 3.05) is 21.1 Å². The van der Waals surface area contributed by atoms with Crippen molar-refractivity contribution in [1.29, 1.82) is 0 Å². The summed E-state index contributed by atoms with van der Waals surface area (Å²) in [5.74, 6) is 0.751. The third-order valence-electron chi connectivity index (χ3n) is 3.20. The molecule has 92 valence electrons. The number of fused-ring (bicyclic) bond motifs is 1. The van der Waals surface area contributed by atoms with Crippen LogP contribution >= 0.6 is 0 Å². The van der Waals surface area contributed by atoms with Crippen LogP contribution in [0.1, 0.15) is 13.8 Å². The van der Waals surface area contributed by atoms with Crippen LogP contribution in [0.15, 0.2) is 15.0 Å². The molecule has 2 heterocycles. The first-order chi connectivity index (χ1) is 7.91. The summed E-state index contributed by atoms with van der Waals surface area (Å²) >= 11 is 0. The first-order valence-electron chi connectivity index (χ1n) is 5.62. The van der Waals surface area contributed by atoms with Gasteiger partial charge in [0.15, 0.2) is 11.5 Å². The van der Waals surface area contributed by atoms with Gasteiger partial charge in [0.2, 0.25) is 5.96 Å². The molecule has 2 atom stereocenters. The number of nitrogens with zero attached hydrogens (tertiary/aromatic N) is 5. The molecular formula is C11H17N5O. The highest BCUT2D eigenvalue weighted by molar-refractivity contribution is 6.69. The van der Waals surface area contributed by atoms with Crippen LogP contribution in [0.3, 0.4) is 0 Å². The number of amidine groups is 1. The van der Waals surface area contributed by atoms with Gasteiger partial charge in [0, 0.05) is 27.2 Å². The molecule has 0 saturated heterocycles. The molecule has 6 nitrogen and oxygen atoms in total. The lowest BCUT2D eigenvalue weighted by molar-refractivity contribution is -0.111. The van der Waals surface area contributed by atoms with E-state index >= 15 is 0 Å². The predicted molar refractivity (Wildman–Crippen MR) is 67.7 cm³/mol. The fourth-order valence-electron chi connectivity index (χ4n) is 1.80. The normalized spacial score (nSPS) is 28.2. The van der Waals surface area contributed by atoms with Crippen molar-refractivity contribution in [3.05, 3.63) is 0 Å². The summed E-state index contributed by atoms with van der Waals surface area (Å²) in [6, 6.07) is 0.306. The number of carbonyl (C=O) groups excluding carboxylic acids is 1. The third-order valence-corrected chi connectivity index (χ3v) is 3.20. The minimum atomic E-state index is -0.302. The van der Waals surface area contributed by atoms with Crippen LogP contribution in [0, 0.1) is 0 Å². The van der Waals surface area contributed by atoms with Crippen molar-refractivity contribution in [2.45, 2.75) is 25.9 Å². The zero-order chi connectivity index (χ0) is 12.7. The summed E-state index contributed by atoms with van der Waals surface area (Å²) < 4.78 is 0. The number of carbonyl (C=O) groups is 1. The lowest BCUT2D eigenvalue weighted by Crippen LogP contribution is -2.53. The molecule has 17 heavy (non-hydrogen) atoms.